The number of benzene rings is 1. The van der Waals surface area contributed by atoms with Crippen LogP contribution in [0.5, 0.6) is 0 Å². The van der Waals surface area contributed by atoms with E-state index < -0.39 is 5.97 Å². The molecular weight excluding hydrogens is 195 g/mol. The van der Waals surface area contributed by atoms with Gasteiger partial charge in [-0.15, -0.1) is 0 Å². The van der Waals surface area contributed by atoms with E-state index in [2.05, 4.69) is 0 Å². The SMILES string of the molecule is CCOC(=O)/C=C/c1cc(C)cc(F)c1. The van der Waals surface area contributed by atoms with Crippen molar-refractivity contribution in [2.24, 2.45) is 0 Å². The maximum absolute atomic E-state index is 13.0. The largest absolute Gasteiger partial charge is 0.463 e. The third-order valence-electron chi connectivity index (χ3n) is 1.76. The number of esters is 1. The van der Waals surface area contributed by atoms with E-state index in [0.29, 0.717) is 12.2 Å². The van der Waals surface area contributed by atoms with Crippen molar-refractivity contribution in [2.75, 3.05) is 6.61 Å². The van der Waals surface area contributed by atoms with Gasteiger partial charge in [0.05, 0.1) is 6.61 Å². The Morgan fingerprint density at radius 1 is 1.47 bits per heavy atom. The van der Waals surface area contributed by atoms with E-state index in [1.54, 1.807) is 19.9 Å². The summed E-state index contributed by atoms with van der Waals surface area (Å²) in [4.78, 5) is 11.0. The van der Waals surface area contributed by atoms with Gasteiger partial charge in [0.1, 0.15) is 5.82 Å². The minimum absolute atomic E-state index is 0.307. The van der Waals surface area contributed by atoms with Gasteiger partial charge < -0.3 is 4.74 Å². The zero-order chi connectivity index (χ0) is 11.3. The standard InChI is InChI=1S/C12H13FO2/c1-3-15-12(14)5-4-10-6-9(2)7-11(13)8-10/h4-8H,3H2,1-2H3/b5-4+. The molecule has 1 rings (SSSR count). The monoisotopic (exact) mass is 208 g/mol. The average molecular weight is 208 g/mol. The fraction of sp³-hybridized carbons (Fsp3) is 0.250. The molecular formula is C12H13FO2. The number of hydrogen-bond acceptors (Lipinski definition) is 2. The maximum atomic E-state index is 13.0. The Morgan fingerprint density at radius 2 is 2.20 bits per heavy atom. The van der Waals surface area contributed by atoms with Crippen LogP contribution >= 0.6 is 0 Å². The molecule has 0 N–H and O–H groups in total. The summed E-state index contributed by atoms with van der Waals surface area (Å²) in [6.45, 7) is 3.87. The third-order valence-corrected chi connectivity index (χ3v) is 1.76. The van der Waals surface area contributed by atoms with E-state index in [9.17, 15) is 9.18 Å². The number of aryl methyl sites for hydroxylation is 1. The average Bonchev–Trinajstić information content (AvgIpc) is 2.14. The summed E-state index contributed by atoms with van der Waals surface area (Å²) >= 11 is 0. The maximum Gasteiger partial charge on any atom is 0.330 e. The van der Waals surface area contributed by atoms with Gasteiger partial charge in [0.25, 0.3) is 0 Å². The fourth-order valence-corrected chi connectivity index (χ4v) is 1.22. The van der Waals surface area contributed by atoms with Crippen LogP contribution in [0.3, 0.4) is 0 Å². The zero-order valence-corrected chi connectivity index (χ0v) is 8.79. The van der Waals surface area contributed by atoms with Crippen LogP contribution in [-0.4, -0.2) is 12.6 Å². The lowest BCUT2D eigenvalue weighted by Crippen LogP contribution is -1.98. The highest BCUT2D eigenvalue weighted by molar-refractivity contribution is 5.87. The van der Waals surface area contributed by atoms with E-state index in [1.807, 2.05) is 0 Å². The lowest BCUT2D eigenvalue weighted by atomic mass is 10.1. The van der Waals surface area contributed by atoms with Crippen LogP contribution < -0.4 is 0 Å². The van der Waals surface area contributed by atoms with Crippen LogP contribution in [0.15, 0.2) is 24.3 Å². The molecule has 0 aromatic heterocycles. The number of halogens is 1. The molecule has 0 spiro atoms. The number of carbonyl (C=O) groups is 1. The van der Waals surface area contributed by atoms with Gasteiger partial charge in [-0.1, -0.05) is 6.07 Å². The molecule has 0 aliphatic rings. The summed E-state index contributed by atoms with van der Waals surface area (Å²) in [5, 5.41) is 0. The van der Waals surface area contributed by atoms with Gasteiger partial charge in [0.2, 0.25) is 0 Å². The summed E-state index contributed by atoms with van der Waals surface area (Å²) in [5.41, 5.74) is 1.47. The van der Waals surface area contributed by atoms with Crippen molar-refractivity contribution < 1.29 is 13.9 Å². The molecule has 3 heteroatoms. The number of carbonyl (C=O) groups excluding carboxylic acids is 1. The van der Waals surface area contributed by atoms with E-state index in [4.69, 9.17) is 4.74 Å². The molecule has 80 valence electrons. The molecule has 1 aromatic rings. The van der Waals surface area contributed by atoms with Crippen molar-refractivity contribution in [3.63, 3.8) is 0 Å². The predicted octanol–water partition coefficient (Wildman–Crippen LogP) is 2.71. The van der Waals surface area contributed by atoms with Gasteiger partial charge in [-0.3, -0.25) is 0 Å². The quantitative estimate of drug-likeness (QED) is 0.564. The summed E-state index contributed by atoms with van der Waals surface area (Å²) in [5.74, 6) is -0.724. The molecule has 0 saturated carbocycles. The molecule has 15 heavy (non-hydrogen) atoms. The molecule has 1 aromatic carbocycles. The highest BCUT2D eigenvalue weighted by atomic mass is 19.1. The van der Waals surface area contributed by atoms with Crippen molar-refractivity contribution in [1.82, 2.24) is 0 Å². The van der Waals surface area contributed by atoms with E-state index >= 15 is 0 Å². The van der Waals surface area contributed by atoms with E-state index in [1.165, 1.54) is 24.3 Å². The highest BCUT2D eigenvalue weighted by Crippen LogP contribution is 2.09. The van der Waals surface area contributed by atoms with E-state index in [0.717, 1.165) is 5.56 Å². The normalized spacial score (nSPS) is 10.6. The second-order valence-electron chi connectivity index (χ2n) is 3.15. The second kappa shape index (κ2) is 5.29. The van der Waals surface area contributed by atoms with Gasteiger partial charge in [-0.25, -0.2) is 9.18 Å². The Labute approximate surface area is 88.4 Å². The zero-order valence-electron chi connectivity index (χ0n) is 8.79. The van der Waals surface area contributed by atoms with Crippen LogP contribution in [0.2, 0.25) is 0 Å². The first-order valence-corrected chi connectivity index (χ1v) is 4.74. The van der Waals surface area contributed by atoms with Crippen molar-refractivity contribution in [1.29, 1.82) is 0 Å². The molecule has 0 atom stereocenters. The molecule has 0 radical (unpaired) electrons. The highest BCUT2D eigenvalue weighted by Gasteiger charge is 1.97. The molecule has 0 aliphatic carbocycles. The summed E-state index contributed by atoms with van der Waals surface area (Å²) in [6, 6.07) is 4.59. The molecule has 0 saturated heterocycles. The summed E-state index contributed by atoms with van der Waals surface area (Å²) in [7, 11) is 0. The molecule has 0 unspecified atom stereocenters. The molecule has 2 nitrogen and oxygen atoms in total. The van der Waals surface area contributed by atoms with Crippen LogP contribution in [0.4, 0.5) is 4.39 Å². The number of rotatable bonds is 3. The van der Waals surface area contributed by atoms with Crippen molar-refractivity contribution in [2.45, 2.75) is 13.8 Å². The first-order valence-electron chi connectivity index (χ1n) is 4.74. The van der Waals surface area contributed by atoms with Crippen LogP contribution in [0.1, 0.15) is 18.1 Å². The topological polar surface area (TPSA) is 26.3 Å². The molecule has 0 fully saturated rings. The molecule has 0 bridgehead atoms. The van der Waals surface area contributed by atoms with Gasteiger partial charge in [0.15, 0.2) is 0 Å². The minimum atomic E-state index is -0.417. The fourth-order valence-electron chi connectivity index (χ4n) is 1.22. The van der Waals surface area contributed by atoms with E-state index in [-0.39, 0.29) is 5.82 Å². The lowest BCUT2D eigenvalue weighted by molar-refractivity contribution is -0.137. The Bertz CT molecular complexity index is 363. The number of ether oxygens (including phenoxy) is 1. The molecule has 0 amide bonds. The Morgan fingerprint density at radius 3 is 2.80 bits per heavy atom. The van der Waals surface area contributed by atoms with Crippen molar-refractivity contribution in [3.05, 3.63) is 41.2 Å². The van der Waals surface area contributed by atoms with Crippen LogP contribution in [0.25, 0.3) is 6.08 Å². The summed E-state index contributed by atoms with van der Waals surface area (Å²) < 4.78 is 17.7. The molecule has 0 heterocycles. The first-order chi connectivity index (χ1) is 7.11. The van der Waals surface area contributed by atoms with Crippen LogP contribution in [0, 0.1) is 12.7 Å². The predicted molar refractivity (Wildman–Crippen MR) is 56.8 cm³/mol. The van der Waals surface area contributed by atoms with Gasteiger partial charge in [0, 0.05) is 6.08 Å². The molecule has 0 aliphatic heterocycles. The van der Waals surface area contributed by atoms with Gasteiger partial charge in [-0.05, 0) is 43.2 Å². The Balaban J connectivity index is 2.76. The Kier molecular flexibility index (Phi) is 4.03. The minimum Gasteiger partial charge on any atom is -0.463 e. The number of hydrogen-bond donors (Lipinski definition) is 0. The van der Waals surface area contributed by atoms with Crippen LogP contribution in [-0.2, 0) is 9.53 Å². The lowest BCUT2D eigenvalue weighted by Gasteiger charge is -1.98. The van der Waals surface area contributed by atoms with Crippen molar-refractivity contribution >= 4 is 12.0 Å². The summed E-state index contributed by atoms with van der Waals surface area (Å²) in [6.07, 6.45) is 2.83. The van der Waals surface area contributed by atoms with Gasteiger partial charge in [-0.2, -0.15) is 0 Å². The second-order valence-corrected chi connectivity index (χ2v) is 3.15. The Hall–Kier alpha value is -1.64. The third kappa shape index (κ3) is 3.94. The smallest absolute Gasteiger partial charge is 0.330 e. The van der Waals surface area contributed by atoms with Gasteiger partial charge >= 0.3 is 5.97 Å². The van der Waals surface area contributed by atoms with Crippen molar-refractivity contribution in [3.8, 4) is 0 Å². The first kappa shape index (κ1) is 11.4.